The minimum atomic E-state index is -0.00696. The molecule has 168 valence electrons. The number of ether oxygens (including phenoxy) is 1. The number of carbonyl (C=O) groups is 1. The van der Waals surface area contributed by atoms with Crippen molar-refractivity contribution in [2.24, 2.45) is 0 Å². The van der Waals surface area contributed by atoms with Crippen LogP contribution in [-0.2, 0) is 4.74 Å². The zero-order valence-corrected chi connectivity index (χ0v) is 19.1. The molecule has 1 aliphatic rings. The molecule has 0 unspecified atom stereocenters. The summed E-state index contributed by atoms with van der Waals surface area (Å²) in [6.45, 7) is 13.3. The summed E-state index contributed by atoms with van der Waals surface area (Å²) < 4.78 is 5.40. The minimum absolute atomic E-state index is 0.00696. The molecular weight excluding hydrogens is 390 g/mol. The number of nitrogens with one attached hydrogen (secondary N) is 1. The van der Waals surface area contributed by atoms with Gasteiger partial charge in [0.25, 0.3) is 5.91 Å². The number of amides is 1. The van der Waals surface area contributed by atoms with E-state index in [1.54, 1.807) is 0 Å². The average molecular weight is 426 g/mol. The Hall–Kier alpha value is -2.64. The summed E-state index contributed by atoms with van der Waals surface area (Å²) in [5.41, 5.74) is 8.86. The molecule has 31 heavy (non-hydrogen) atoms. The summed E-state index contributed by atoms with van der Waals surface area (Å²) in [4.78, 5) is 22.4. The quantitative estimate of drug-likeness (QED) is 0.675. The lowest BCUT2D eigenvalue weighted by atomic mass is 10.0. The van der Waals surface area contributed by atoms with Crippen LogP contribution < -0.4 is 11.1 Å². The van der Waals surface area contributed by atoms with Crippen LogP contribution in [0.15, 0.2) is 36.4 Å². The highest BCUT2D eigenvalue weighted by atomic mass is 16.5. The van der Waals surface area contributed by atoms with Gasteiger partial charge in [-0.15, -0.1) is 0 Å². The van der Waals surface area contributed by atoms with E-state index < -0.39 is 0 Å². The van der Waals surface area contributed by atoms with E-state index in [2.05, 4.69) is 10.2 Å². The Morgan fingerprint density at radius 2 is 1.81 bits per heavy atom. The number of hydrogen-bond donors (Lipinski definition) is 2. The number of rotatable bonds is 8. The van der Waals surface area contributed by atoms with E-state index in [0.717, 1.165) is 50.8 Å². The van der Waals surface area contributed by atoms with Gasteiger partial charge in [0.2, 0.25) is 0 Å². The van der Waals surface area contributed by atoms with E-state index in [4.69, 9.17) is 15.5 Å². The lowest BCUT2D eigenvalue weighted by molar-refractivity contribution is 0.0398. The Morgan fingerprint density at radius 3 is 2.48 bits per heavy atom. The Morgan fingerprint density at radius 1 is 1.13 bits per heavy atom. The number of anilines is 2. The second-order valence-corrected chi connectivity index (χ2v) is 8.46. The topological polar surface area (TPSA) is 83.7 Å². The third-order valence-corrected chi connectivity index (χ3v) is 5.52. The van der Waals surface area contributed by atoms with E-state index in [1.165, 1.54) is 0 Å². The van der Waals surface area contributed by atoms with Crippen LogP contribution in [0.2, 0.25) is 0 Å². The molecule has 3 N–H and O–H groups in total. The van der Waals surface area contributed by atoms with Crippen LogP contribution in [0.1, 0.15) is 38.1 Å². The van der Waals surface area contributed by atoms with Crippen LogP contribution in [0.4, 0.5) is 11.5 Å². The number of nitrogens with two attached hydrogens (primary N) is 1. The lowest BCUT2D eigenvalue weighted by Gasteiger charge is -2.31. The van der Waals surface area contributed by atoms with E-state index in [0.29, 0.717) is 16.9 Å². The smallest absolute Gasteiger partial charge is 0.255 e. The fourth-order valence-electron chi connectivity index (χ4n) is 4.03. The van der Waals surface area contributed by atoms with Crippen molar-refractivity contribution in [2.45, 2.75) is 39.8 Å². The van der Waals surface area contributed by atoms with Gasteiger partial charge in [0.05, 0.1) is 24.6 Å². The first-order valence-corrected chi connectivity index (χ1v) is 11.1. The lowest BCUT2D eigenvalue weighted by Crippen LogP contribution is -2.42. The van der Waals surface area contributed by atoms with E-state index in [1.807, 2.05) is 69.0 Å². The van der Waals surface area contributed by atoms with Crippen LogP contribution in [0, 0.1) is 0 Å². The van der Waals surface area contributed by atoms with Crippen LogP contribution in [0.25, 0.3) is 11.3 Å². The monoisotopic (exact) mass is 425 g/mol. The van der Waals surface area contributed by atoms with Gasteiger partial charge in [-0.2, -0.15) is 0 Å². The molecule has 0 bridgehead atoms. The van der Waals surface area contributed by atoms with Gasteiger partial charge in [-0.05, 0) is 45.9 Å². The molecule has 0 saturated carbocycles. The standard InChI is InChI=1S/C24H35N5O2/c1-17(2)29(18(3)4)24(30)20-8-6-5-7-19(20)23-21(25)9-10-22(27-23)26-11-12-28-13-15-31-16-14-28/h5-10,17-18H,11-16,25H2,1-4H3,(H,26,27). The van der Waals surface area contributed by atoms with Crippen molar-refractivity contribution in [2.75, 3.05) is 50.4 Å². The van der Waals surface area contributed by atoms with Crippen molar-refractivity contribution in [3.05, 3.63) is 42.0 Å². The maximum absolute atomic E-state index is 13.4. The number of pyridine rings is 1. The molecule has 0 radical (unpaired) electrons. The summed E-state index contributed by atoms with van der Waals surface area (Å²) in [5.74, 6) is 0.747. The zero-order valence-electron chi connectivity index (χ0n) is 19.1. The van der Waals surface area contributed by atoms with E-state index in [9.17, 15) is 4.79 Å². The van der Waals surface area contributed by atoms with Gasteiger partial charge in [0, 0.05) is 49.4 Å². The van der Waals surface area contributed by atoms with Gasteiger partial charge in [0.15, 0.2) is 0 Å². The number of benzene rings is 1. The summed E-state index contributed by atoms with van der Waals surface area (Å²) in [6, 6.07) is 11.5. The van der Waals surface area contributed by atoms with Crippen LogP contribution >= 0.6 is 0 Å². The highest BCUT2D eigenvalue weighted by Crippen LogP contribution is 2.30. The van der Waals surface area contributed by atoms with Crippen molar-refractivity contribution >= 4 is 17.4 Å². The molecular formula is C24H35N5O2. The number of carbonyl (C=O) groups excluding carboxylic acids is 1. The van der Waals surface area contributed by atoms with Crippen molar-refractivity contribution in [3.8, 4) is 11.3 Å². The van der Waals surface area contributed by atoms with Gasteiger partial charge in [-0.25, -0.2) is 4.98 Å². The molecule has 1 amide bonds. The first-order chi connectivity index (χ1) is 14.9. The van der Waals surface area contributed by atoms with Gasteiger partial charge < -0.3 is 20.7 Å². The van der Waals surface area contributed by atoms with Gasteiger partial charge in [0.1, 0.15) is 5.82 Å². The molecule has 0 spiro atoms. The SMILES string of the molecule is CC(C)N(C(=O)c1ccccc1-c1nc(NCCN2CCOCC2)ccc1N)C(C)C. The molecule has 1 fully saturated rings. The molecule has 1 aromatic heterocycles. The maximum atomic E-state index is 13.4. The third-order valence-electron chi connectivity index (χ3n) is 5.52. The Labute approximate surface area is 185 Å². The Bertz CT molecular complexity index is 870. The number of nitrogen functional groups attached to an aromatic ring is 1. The zero-order chi connectivity index (χ0) is 22.4. The predicted molar refractivity (Wildman–Crippen MR) is 126 cm³/mol. The Kier molecular flexibility index (Phi) is 7.87. The molecule has 7 heteroatoms. The molecule has 1 saturated heterocycles. The number of hydrogen-bond acceptors (Lipinski definition) is 6. The van der Waals surface area contributed by atoms with E-state index >= 15 is 0 Å². The predicted octanol–water partition coefficient (Wildman–Crippen LogP) is 3.33. The van der Waals surface area contributed by atoms with Crippen LogP contribution in [0.5, 0.6) is 0 Å². The highest BCUT2D eigenvalue weighted by molar-refractivity contribution is 6.02. The Balaban J connectivity index is 1.82. The molecule has 0 aliphatic carbocycles. The second-order valence-electron chi connectivity index (χ2n) is 8.46. The summed E-state index contributed by atoms with van der Waals surface area (Å²) in [7, 11) is 0. The minimum Gasteiger partial charge on any atom is -0.397 e. The molecule has 1 aliphatic heterocycles. The highest BCUT2D eigenvalue weighted by Gasteiger charge is 2.25. The summed E-state index contributed by atoms with van der Waals surface area (Å²) in [6.07, 6.45) is 0. The van der Waals surface area contributed by atoms with Gasteiger partial charge in [-0.3, -0.25) is 9.69 Å². The number of nitrogens with zero attached hydrogens (tertiary/aromatic N) is 3. The van der Waals surface area contributed by atoms with Crippen LogP contribution in [-0.4, -0.2) is 72.2 Å². The molecule has 2 aromatic rings. The van der Waals surface area contributed by atoms with E-state index in [-0.39, 0.29) is 18.0 Å². The molecule has 2 heterocycles. The molecule has 3 rings (SSSR count). The van der Waals surface area contributed by atoms with Crippen molar-refractivity contribution < 1.29 is 9.53 Å². The second kappa shape index (κ2) is 10.6. The fraction of sp³-hybridized carbons (Fsp3) is 0.500. The number of morpholine rings is 1. The van der Waals surface area contributed by atoms with Gasteiger partial charge >= 0.3 is 0 Å². The third kappa shape index (κ3) is 5.74. The maximum Gasteiger partial charge on any atom is 0.255 e. The van der Waals surface area contributed by atoms with Crippen molar-refractivity contribution in [1.82, 2.24) is 14.8 Å². The fourth-order valence-corrected chi connectivity index (χ4v) is 4.03. The average Bonchev–Trinajstić information content (AvgIpc) is 2.75. The molecule has 7 nitrogen and oxygen atoms in total. The van der Waals surface area contributed by atoms with Crippen molar-refractivity contribution in [3.63, 3.8) is 0 Å². The number of aromatic nitrogens is 1. The van der Waals surface area contributed by atoms with Crippen molar-refractivity contribution in [1.29, 1.82) is 0 Å². The molecule has 1 aromatic carbocycles. The normalized spacial score (nSPS) is 14.8. The largest absolute Gasteiger partial charge is 0.397 e. The van der Waals surface area contributed by atoms with Gasteiger partial charge in [-0.1, -0.05) is 18.2 Å². The summed E-state index contributed by atoms with van der Waals surface area (Å²) >= 11 is 0. The van der Waals surface area contributed by atoms with Crippen LogP contribution in [0.3, 0.4) is 0 Å². The summed E-state index contributed by atoms with van der Waals surface area (Å²) in [5, 5.41) is 3.39. The first-order valence-electron chi connectivity index (χ1n) is 11.1. The first kappa shape index (κ1) is 23.0. The molecule has 0 atom stereocenters.